The molecular formula is C23H25ClN4O2S. The van der Waals surface area contributed by atoms with Gasteiger partial charge in [0.25, 0.3) is 0 Å². The number of amides is 1. The number of rotatable bonds is 7. The van der Waals surface area contributed by atoms with Crippen molar-refractivity contribution in [1.82, 2.24) is 14.9 Å². The van der Waals surface area contributed by atoms with Gasteiger partial charge in [0.2, 0.25) is 0 Å². The number of hydrogen-bond acceptors (Lipinski definition) is 5. The Kier molecular flexibility index (Phi) is 7.04. The van der Waals surface area contributed by atoms with E-state index in [1.807, 2.05) is 35.8 Å². The van der Waals surface area contributed by atoms with Gasteiger partial charge in [-0.3, -0.25) is 0 Å². The van der Waals surface area contributed by atoms with Gasteiger partial charge in [-0.05, 0) is 55.0 Å². The minimum absolute atomic E-state index is 0.370. The molecule has 1 aliphatic rings. The molecule has 0 atom stereocenters. The largest absolute Gasteiger partial charge is 0.465 e. The number of hydrogen-bond donors (Lipinski definition) is 1. The van der Waals surface area contributed by atoms with Gasteiger partial charge >= 0.3 is 6.09 Å². The number of aromatic nitrogens is 2. The summed E-state index contributed by atoms with van der Waals surface area (Å²) in [5.41, 5.74) is 2.11. The summed E-state index contributed by atoms with van der Waals surface area (Å²) in [6.07, 6.45) is 5.70. The summed E-state index contributed by atoms with van der Waals surface area (Å²) >= 11 is 7.58. The fraction of sp³-hybridized carbons (Fsp3) is 0.348. The zero-order valence-corrected chi connectivity index (χ0v) is 18.7. The number of carboxylic acid groups (broad SMARTS) is 1. The van der Waals surface area contributed by atoms with Crippen LogP contribution in [0.3, 0.4) is 0 Å². The molecule has 0 aliphatic carbocycles. The third-order valence-corrected chi connectivity index (χ3v) is 6.73. The molecule has 0 radical (unpaired) electrons. The van der Waals surface area contributed by atoms with E-state index >= 15 is 0 Å². The Morgan fingerprint density at radius 2 is 2.03 bits per heavy atom. The van der Waals surface area contributed by atoms with E-state index < -0.39 is 6.09 Å². The van der Waals surface area contributed by atoms with Crippen molar-refractivity contribution in [1.29, 1.82) is 0 Å². The minimum Gasteiger partial charge on any atom is -0.465 e. The average molecular weight is 457 g/mol. The van der Waals surface area contributed by atoms with Crippen molar-refractivity contribution < 1.29 is 9.90 Å². The van der Waals surface area contributed by atoms with Gasteiger partial charge in [-0.15, -0.1) is 11.3 Å². The fourth-order valence-corrected chi connectivity index (χ4v) is 4.76. The van der Waals surface area contributed by atoms with Crippen molar-refractivity contribution in [2.45, 2.75) is 25.8 Å². The summed E-state index contributed by atoms with van der Waals surface area (Å²) in [7, 11) is 0. The van der Waals surface area contributed by atoms with E-state index in [-0.39, 0.29) is 0 Å². The maximum Gasteiger partial charge on any atom is 0.407 e. The Bertz CT molecular complexity index is 989. The van der Waals surface area contributed by atoms with E-state index in [0.29, 0.717) is 19.0 Å². The lowest BCUT2D eigenvalue weighted by atomic mass is 9.93. The van der Waals surface area contributed by atoms with Crippen LogP contribution in [0.5, 0.6) is 0 Å². The molecule has 1 amide bonds. The van der Waals surface area contributed by atoms with Gasteiger partial charge in [0.1, 0.15) is 10.8 Å². The molecule has 0 unspecified atom stereocenters. The molecule has 1 saturated heterocycles. The van der Waals surface area contributed by atoms with Crippen molar-refractivity contribution in [3.8, 4) is 11.1 Å². The van der Waals surface area contributed by atoms with Gasteiger partial charge in [0, 0.05) is 48.0 Å². The average Bonchev–Trinajstić information content (AvgIpc) is 3.30. The molecule has 1 N–H and O–H groups in total. The van der Waals surface area contributed by atoms with Gasteiger partial charge in [0.05, 0.1) is 6.54 Å². The molecule has 3 aromatic rings. The molecule has 8 heteroatoms. The van der Waals surface area contributed by atoms with Crippen LogP contribution < -0.4 is 4.90 Å². The number of thiazole rings is 1. The summed E-state index contributed by atoms with van der Waals surface area (Å²) in [6, 6.07) is 11.9. The van der Waals surface area contributed by atoms with E-state index in [0.717, 1.165) is 59.3 Å². The van der Waals surface area contributed by atoms with Crippen molar-refractivity contribution in [2.75, 3.05) is 24.5 Å². The highest BCUT2D eigenvalue weighted by molar-refractivity contribution is 7.09. The first kappa shape index (κ1) is 21.6. The molecule has 1 aliphatic heterocycles. The Labute approximate surface area is 191 Å². The van der Waals surface area contributed by atoms with Crippen LogP contribution in [0.2, 0.25) is 5.02 Å². The first-order valence-electron chi connectivity index (χ1n) is 10.4. The molecule has 31 heavy (non-hydrogen) atoms. The van der Waals surface area contributed by atoms with Crippen LogP contribution in [-0.2, 0) is 6.54 Å². The van der Waals surface area contributed by atoms with Crippen molar-refractivity contribution >= 4 is 34.8 Å². The van der Waals surface area contributed by atoms with Gasteiger partial charge in [-0.1, -0.05) is 23.7 Å². The molecule has 0 saturated carbocycles. The highest BCUT2D eigenvalue weighted by atomic mass is 35.5. The van der Waals surface area contributed by atoms with E-state index in [1.165, 1.54) is 16.2 Å². The second kappa shape index (κ2) is 10.1. The molecule has 3 heterocycles. The van der Waals surface area contributed by atoms with Crippen LogP contribution in [-0.4, -0.2) is 45.7 Å². The van der Waals surface area contributed by atoms with Crippen LogP contribution in [0, 0.1) is 5.92 Å². The molecule has 2 aromatic heterocycles. The number of carbonyl (C=O) groups is 1. The van der Waals surface area contributed by atoms with Crippen LogP contribution >= 0.6 is 22.9 Å². The van der Waals surface area contributed by atoms with E-state index in [9.17, 15) is 9.90 Å². The summed E-state index contributed by atoms with van der Waals surface area (Å²) in [6.45, 7) is 2.79. The van der Waals surface area contributed by atoms with Crippen LogP contribution in [0.1, 0.15) is 24.3 Å². The fourth-order valence-electron chi connectivity index (χ4n) is 3.94. The first-order chi connectivity index (χ1) is 15.1. The zero-order valence-electron chi connectivity index (χ0n) is 17.2. The standard InChI is InChI=1S/C23H25ClN4O2S/c24-20-3-1-2-18(14-20)19-4-5-21(26-15-19)27-10-6-17(7-11-27)8-12-28(23(29)30)16-22-25-9-13-31-22/h1-5,9,13-15,17H,6-8,10-12,16H2,(H,29,30). The minimum atomic E-state index is -0.878. The molecule has 6 nitrogen and oxygen atoms in total. The van der Waals surface area contributed by atoms with E-state index in [1.54, 1.807) is 6.20 Å². The maximum absolute atomic E-state index is 11.6. The molecular weight excluding hydrogens is 432 g/mol. The Morgan fingerprint density at radius 1 is 1.19 bits per heavy atom. The quantitative estimate of drug-likeness (QED) is 0.497. The zero-order chi connectivity index (χ0) is 21.6. The van der Waals surface area contributed by atoms with E-state index in [4.69, 9.17) is 11.6 Å². The third-order valence-electron chi connectivity index (χ3n) is 5.73. The highest BCUT2D eigenvalue weighted by Crippen LogP contribution is 2.27. The predicted octanol–water partition coefficient (Wildman–Crippen LogP) is 5.65. The molecule has 162 valence electrons. The second-order valence-corrected chi connectivity index (χ2v) is 9.18. The number of piperidine rings is 1. The molecule has 1 fully saturated rings. The maximum atomic E-state index is 11.6. The Balaban J connectivity index is 1.28. The summed E-state index contributed by atoms with van der Waals surface area (Å²) in [4.78, 5) is 24.2. The van der Waals surface area contributed by atoms with Crippen LogP contribution in [0.15, 0.2) is 54.2 Å². The number of pyridine rings is 1. The molecule has 4 rings (SSSR count). The Hall–Kier alpha value is -2.64. The second-order valence-electron chi connectivity index (χ2n) is 7.76. The number of benzene rings is 1. The van der Waals surface area contributed by atoms with Crippen molar-refractivity contribution in [2.24, 2.45) is 5.92 Å². The van der Waals surface area contributed by atoms with Gasteiger partial charge < -0.3 is 14.9 Å². The Morgan fingerprint density at radius 3 is 2.68 bits per heavy atom. The summed E-state index contributed by atoms with van der Waals surface area (Å²) in [5.74, 6) is 1.51. The summed E-state index contributed by atoms with van der Waals surface area (Å²) < 4.78 is 0. The third kappa shape index (κ3) is 5.74. The van der Waals surface area contributed by atoms with Crippen molar-refractivity contribution in [3.05, 3.63) is 64.2 Å². The predicted molar refractivity (Wildman–Crippen MR) is 125 cm³/mol. The topological polar surface area (TPSA) is 69.6 Å². The first-order valence-corrected chi connectivity index (χ1v) is 11.7. The van der Waals surface area contributed by atoms with Gasteiger partial charge in [-0.2, -0.15) is 0 Å². The monoisotopic (exact) mass is 456 g/mol. The lowest BCUT2D eigenvalue weighted by molar-refractivity contribution is 0.137. The molecule has 1 aromatic carbocycles. The van der Waals surface area contributed by atoms with E-state index in [2.05, 4.69) is 27.0 Å². The van der Waals surface area contributed by atoms with Gasteiger partial charge in [0.15, 0.2) is 0 Å². The summed E-state index contributed by atoms with van der Waals surface area (Å²) in [5, 5.41) is 12.9. The highest BCUT2D eigenvalue weighted by Gasteiger charge is 2.22. The van der Waals surface area contributed by atoms with Crippen LogP contribution in [0.25, 0.3) is 11.1 Å². The molecule has 0 spiro atoms. The number of halogens is 1. The van der Waals surface area contributed by atoms with Crippen LogP contribution in [0.4, 0.5) is 10.6 Å². The van der Waals surface area contributed by atoms with Crippen molar-refractivity contribution in [3.63, 3.8) is 0 Å². The lowest BCUT2D eigenvalue weighted by Crippen LogP contribution is -2.36. The smallest absolute Gasteiger partial charge is 0.407 e. The van der Waals surface area contributed by atoms with Gasteiger partial charge in [-0.25, -0.2) is 14.8 Å². The normalized spacial score (nSPS) is 14.5. The molecule has 0 bridgehead atoms. The SMILES string of the molecule is O=C(O)N(CCC1CCN(c2ccc(-c3cccc(Cl)c3)cn2)CC1)Cc1nccs1. The number of anilines is 1. The number of nitrogens with zero attached hydrogens (tertiary/aromatic N) is 4. The lowest BCUT2D eigenvalue weighted by Gasteiger charge is -2.33.